The van der Waals surface area contributed by atoms with E-state index in [0.717, 1.165) is 4.47 Å². The summed E-state index contributed by atoms with van der Waals surface area (Å²) in [5, 5.41) is 11.9. The molecule has 108 valence electrons. The lowest BCUT2D eigenvalue weighted by molar-refractivity contribution is 0.0695. The number of hydrogen-bond donors (Lipinski definition) is 2. The van der Waals surface area contributed by atoms with Crippen molar-refractivity contribution in [2.24, 2.45) is 0 Å². The molecule has 0 saturated heterocycles. The van der Waals surface area contributed by atoms with Crippen molar-refractivity contribution in [2.45, 2.75) is 6.42 Å². The molecule has 0 unspecified atom stereocenters. The van der Waals surface area contributed by atoms with Gasteiger partial charge in [-0.2, -0.15) is 0 Å². The number of benzene rings is 2. The van der Waals surface area contributed by atoms with Gasteiger partial charge in [0.05, 0.1) is 5.56 Å². The van der Waals surface area contributed by atoms with Gasteiger partial charge in [0.25, 0.3) is 5.91 Å². The Hall–Kier alpha value is -2.14. The fourth-order valence-electron chi connectivity index (χ4n) is 1.96. The van der Waals surface area contributed by atoms with Gasteiger partial charge in [-0.15, -0.1) is 0 Å². The minimum absolute atomic E-state index is 0.171. The molecule has 0 radical (unpaired) electrons. The highest BCUT2D eigenvalue weighted by Gasteiger charge is 2.09. The van der Waals surface area contributed by atoms with Crippen molar-refractivity contribution in [1.82, 2.24) is 5.32 Å². The number of halogens is 1. The largest absolute Gasteiger partial charge is 0.478 e. The van der Waals surface area contributed by atoms with Gasteiger partial charge < -0.3 is 10.4 Å². The zero-order valence-corrected chi connectivity index (χ0v) is 12.8. The Balaban J connectivity index is 1.94. The third kappa shape index (κ3) is 4.16. The Labute approximate surface area is 130 Å². The minimum Gasteiger partial charge on any atom is -0.478 e. The Bertz CT molecular complexity index is 653. The molecule has 2 aromatic rings. The van der Waals surface area contributed by atoms with E-state index in [1.807, 2.05) is 0 Å². The number of carbonyl (C=O) groups excluding carboxylic acids is 1. The van der Waals surface area contributed by atoms with Crippen LogP contribution in [0.4, 0.5) is 0 Å². The van der Waals surface area contributed by atoms with E-state index in [1.54, 1.807) is 48.5 Å². The zero-order chi connectivity index (χ0) is 15.2. The van der Waals surface area contributed by atoms with Crippen molar-refractivity contribution >= 4 is 27.8 Å². The number of nitrogens with one attached hydrogen (secondary N) is 1. The van der Waals surface area contributed by atoms with Crippen LogP contribution in [0.15, 0.2) is 53.0 Å². The molecule has 2 N–H and O–H groups in total. The lowest BCUT2D eigenvalue weighted by Crippen LogP contribution is -2.26. The summed E-state index contributed by atoms with van der Waals surface area (Å²) in [6.45, 7) is 0.388. The van der Waals surface area contributed by atoms with Crippen LogP contribution in [0.1, 0.15) is 26.3 Å². The molecule has 0 aliphatic heterocycles. The summed E-state index contributed by atoms with van der Waals surface area (Å²) in [5.74, 6) is -1.12. The Morgan fingerprint density at radius 1 is 1.05 bits per heavy atom. The quantitative estimate of drug-likeness (QED) is 0.873. The molecule has 0 aliphatic carbocycles. The van der Waals surface area contributed by atoms with E-state index in [0.29, 0.717) is 24.1 Å². The summed E-state index contributed by atoms with van der Waals surface area (Å²) in [7, 11) is 0. The highest BCUT2D eigenvalue weighted by Crippen LogP contribution is 2.11. The fraction of sp³-hybridized carbons (Fsp3) is 0.125. The maximum absolute atomic E-state index is 11.9. The monoisotopic (exact) mass is 347 g/mol. The Morgan fingerprint density at radius 3 is 2.38 bits per heavy atom. The molecule has 0 aromatic heterocycles. The predicted molar refractivity (Wildman–Crippen MR) is 83.6 cm³/mol. The average Bonchev–Trinajstić information content (AvgIpc) is 2.48. The lowest BCUT2D eigenvalue weighted by Gasteiger charge is -2.08. The van der Waals surface area contributed by atoms with Gasteiger partial charge >= 0.3 is 5.97 Å². The van der Waals surface area contributed by atoms with Crippen LogP contribution in [0.2, 0.25) is 0 Å². The summed E-state index contributed by atoms with van der Waals surface area (Å²) in [6.07, 6.45) is 0.477. The van der Waals surface area contributed by atoms with Crippen LogP contribution in [0.25, 0.3) is 0 Å². The second kappa shape index (κ2) is 7.04. The second-order valence-corrected chi connectivity index (χ2v) is 5.39. The molecule has 4 nitrogen and oxygen atoms in total. The third-order valence-corrected chi connectivity index (χ3v) is 3.56. The van der Waals surface area contributed by atoms with Crippen LogP contribution in [0.5, 0.6) is 0 Å². The van der Waals surface area contributed by atoms with Crippen LogP contribution in [0, 0.1) is 0 Å². The van der Waals surface area contributed by atoms with Gasteiger partial charge in [-0.25, -0.2) is 4.79 Å². The molecule has 0 atom stereocenters. The number of hydrogen-bond acceptors (Lipinski definition) is 2. The van der Waals surface area contributed by atoms with Gasteiger partial charge in [0.15, 0.2) is 0 Å². The highest BCUT2D eigenvalue weighted by atomic mass is 79.9. The van der Waals surface area contributed by atoms with Crippen LogP contribution in [-0.4, -0.2) is 23.5 Å². The fourth-order valence-corrected chi connectivity index (χ4v) is 2.23. The van der Waals surface area contributed by atoms with Crippen LogP contribution >= 0.6 is 15.9 Å². The first-order chi connectivity index (χ1) is 10.1. The number of carboxylic acids is 1. The summed E-state index contributed by atoms with van der Waals surface area (Å²) in [6, 6.07) is 13.9. The van der Waals surface area contributed by atoms with Gasteiger partial charge in [-0.1, -0.05) is 34.1 Å². The zero-order valence-electron chi connectivity index (χ0n) is 11.2. The maximum Gasteiger partial charge on any atom is 0.335 e. The van der Waals surface area contributed by atoms with E-state index < -0.39 is 5.97 Å². The van der Waals surface area contributed by atoms with Crippen LogP contribution in [0.3, 0.4) is 0 Å². The predicted octanol–water partition coefficient (Wildman–Crippen LogP) is 3.12. The number of carbonyl (C=O) groups is 2. The van der Waals surface area contributed by atoms with Crippen molar-refractivity contribution < 1.29 is 14.7 Å². The van der Waals surface area contributed by atoms with Gasteiger partial charge in [-0.3, -0.25) is 4.79 Å². The molecule has 21 heavy (non-hydrogen) atoms. The van der Waals surface area contributed by atoms with E-state index >= 15 is 0 Å². The summed E-state index contributed by atoms with van der Waals surface area (Å²) < 4.78 is 0.912. The molecule has 0 aliphatic rings. The number of amides is 1. The van der Waals surface area contributed by atoms with Crippen LogP contribution in [-0.2, 0) is 6.42 Å². The SMILES string of the molecule is O=C(NCCc1ccccc1C(=O)O)c1ccc(Br)cc1. The van der Waals surface area contributed by atoms with E-state index in [4.69, 9.17) is 5.11 Å². The molecule has 0 heterocycles. The topological polar surface area (TPSA) is 66.4 Å². The molecule has 0 spiro atoms. The Morgan fingerprint density at radius 2 is 1.71 bits per heavy atom. The molecule has 2 aromatic carbocycles. The molecule has 0 saturated carbocycles. The first-order valence-electron chi connectivity index (χ1n) is 6.43. The van der Waals surface area contributed by atoms with Crippen molar-refractivity contribution in [1.29, 1.82) is 0 Å². The van der Waals surface area contributed by atoms with Crippen LogP contribution < -0.4 is 5.32 Å². The summed E-state index contributed by atoms with van der Waals surface area (Å²) in [4.78, 5) is 23.0. The van der Waals surface area contributed by atoms with Crippen molar-refractivity contribution in [3.8, 4) is 0 Å². The van der Waals surface area contributed by atoms with E-state index in [1.165, 1.54) is 0 Å². The summed E-state index contributed by atoms with van der Waals surface area (Å²) in [5.41, 5.74) is 1.56. The highest BCUT2D eigenvalue weighted by molar-refractivity contribution is 9.10. The molecule has 0 bridgehead atoms. The second-order valence-electron chi connectivity index (χ2n) is 4.48. The van der Waals surface area contributed by atoms with E-state index in [-0.39, 0.29) is 11.5 Å². The number of carboxylic acid groups (broad SMARTS) is 1. The van der Waals surface area contributed by atoms with Gasteiger partial charge in [-0.05, 0) is 42.3 Å². The first kappa shape index (κ1) is 15.3. The molecule has 2 rings (SSSR count). The molecular formula is C16H14BrNO3. The lowest BCUT2D eigenvalue weighted by atomic mass is 10.0. The number of rotatable bonds is 5. The van der Waals surface area contributed by atoms with E-state index in [9.17, 15) is 9.59 Å². The summed E-state index contributed by atoms with van der Waals surface area (Å²) >= 11 is 3.31. The maximum atomic E-state index is 11.9. The van der Waals surface area contributed by atoms with E-state index in [2.05, 4.69) is 21.2 Å². The molecular weight excluding hydrogens is 334 g/mol. The van der Waals surface area contributed by atoms with Gasteiger partial charge in [0.2, 0.25) is 0 Å². The van der Waals surface area contributed by atoms with Crippen molar-refractivity contribution in [2.75, 3.05) is 6.54 Å². The Kier molecular flexibility index (Phi) is 5.11. The number of aromatic carboxylic acids is 1. The molecule has 1 amide bonds. The first-order valence-corrected chi connectivity index (χ1v) is 7.22. The average molecular weight is 348 g/mol. The molecule has 0 fully saturated rings. The van der Waals surface area contributed by atoms with Crippen molar-refractivity contribution in [3.05, 3.63) is 69.7 Å². The third-order valence-electron chi connectivity index (χ3n) is 3.03. The molecule has 5 heteroatoms. The normalized spacial score (nSPS) is 10.1. The van der Waals surface area contributed by atoms with Crippen molar-refractivity contribution in [3.63, 3.8) is 0 Å². The smallest absolute Gasteiger partial charge is 0.335 e. The van der Waals surface area contributed by atoms with Gasteiger partial charge in [0.1, 0.15) is 0 Å². The minimum atomic E-state index is -0.954. The van der Waals surface area contributed by atoms with Gasteiger partial charge in [0, 0.05) is 16.6 Å². The standard InChI is InChI=1S/C16H14BrNO3/c17-13-7-5-12(6-8-13)15(19)18-10-9-11-3-1-2-4-14(11)16(20)21/h1-8H,9-10H2,(H,18,19)(H,20,21).